The molecule has 2 aromatic rings. The summed E-state index contributed by atoms with van der Waals surface area (Å²) in [6.45, 7) is 2.03. The van der Waals surface area contributed by atoms with E-state index >= 15 is 0 Å². The molecule has 114 valence electrons. The number of rotatable bonds is 5. The van der Waals surface area contributed by atoms with Crippen LogP contribution in [0, 0.1) is 0 Å². The quantitative estimate of drug-likeness (QED) is 0.736. The molecule has 0 spiro atoms. The van der Waals surface area contributed by atoms with Gasteiger partial charge in [-0.3, -0.25) is 0 Å². The third-order valence-electron chi connectivity index (χ3n) is 3.55. The maximum atomic E-state index is 5.24. The molecule has 2 aromatic carbocycles. The van der Waals surface area contributed by atoms with Crippen molar-refractivity contribution in [3.63, 3.8) is 0 Å². The molecule has 0 N–H and O–H groups in total. The van der Waals surface area contributed by atoms with E-state index in [0.717, 1.165) is 5.75 Å². The lowest BCUT2D eigenvalue weighted by atomic mass is 9.97. The summed E-state index contributed by atoms with van der Waals surface area (Å²) >= 11 is 0. The molecule has 0 amide bonds. The molecule has 22 heavy (non-hydrogen) atoms. The van der Waals surface area contributed by atoms with Gasteiger partial charge in [0.25, 0.3) is 0 Å². The molecular weight excluding hydrogens is 270 g/mol. The van der Waals surface area contributed by atoms with Gasteiger partial charge in [0.1, 0.15) is 5.75 Å². The second-order valence-corrected chi connectivity index (χ2v) is 5.28. The first-order chi connectivity index (χ1) is 10.7. The van der Waals surface area contributed by atoms with Crippen LogP contribution in [-0.4, -0.2) is 21.2 Å². The molecule has 2 heteroatoms. The zero-order valence-electron chi connectivity index (χ0n) is 13.7. The highest BCUT2D eigenvalue weighted by molar-refractivity contribution is 5.81. The van der Waals surface area contributed by atoms with E-state index in [-0.39, 0.29) is 0 Å². The van der Waals surface area contributed by atoms with Crippen molar-refractivity contribution in [3.05, 3.63) is 77.9 Å². The number of anilines is 1. The maximum Gasteiger partial charge on any atom is 0.118 e. The fourth-order valence-electron chi connectivity index (χ4n) is 2.26. The number of hydrogen-bond acceptors (Lipinski definition) is 2. The summed E-state index contributed by atoms with van der Waals surface area (Å²) < 4.78 is 5.24. The highest BCUT2D eigenvalue weighted by Gasteiger charge is 2.05. The summed E-state index contributed by atoms with van der Waals surface area (Å²) in [5.41, 5.74) is 4.78. The van der Waals surface area contributed by atoms with Crippen molar-refractivity contribution in [3.8, 4) is 5.75 Å². The predicted molar refractivity (Wildman–Crippen MR) is 95.7 cm³/mol. The summed E-state index contributed by atoms with van der Waals surface area (Å²) in [7, 11) is 5.79. The minimum atomic E-state index is 0.872. The van der Waals surface area contributed by atoms with Crippen LogP contribution in [0.3, 0.4) is 0 Å². The van der Waals surface area contributed by atoms with Crippen LogP contribution in [0.25, 0.3) is 5.57 Å². The highest BCUT2D eigenvalue weighted by Crippen LogP contribution is 2.27. The molecule has 0 aliphatic rings. The van der Waals surface area contributed by atoms with Gasteiger partial charge in [0, 0.05) is 19.8 Å². The van der Waals surface area contributed by atoms with E-state index in [1.807, 2.05) is 25.1 Å². The van der Waals surface area contributed by atoms with Crippen molar-refractivity contribution in [1.29, 1.82) is 0 Å². The Balaban J connectivity index is 2.41. The third kappa shape index (κ3) is 3.79. The van der Waals surface area contributed by atoms with E-state index in [0.29, 0.717) is 0 Å². The second kappa shape index (κ2) is 7.51. The molecule has 0 aromatic heterocycles. The monoisotopic (exact) mass is 293 g/mol. The summed E-state index contributed by atoms with van der Waals surface area (Å²) in [4.78, 5) is 2.10. The summed E-state index contributed by atoms with van der Waals surface area (Å²) in [5.74, 6) is 0.872. The van der Waals surface area contributed by atoms with Crippen LogP contribution < -0.4 is 9.64 Å². The molecule has 0 saturated carbocycles. The van der Waals surface area contributed by atoms with Gasteiger partial charge in [-0.05, 0) is 47.9 Å². The zero-order valence-corrected chi connectivity index (χ0v) is 13.7. The van der Waals surface area contributed by atoms with E-state index in [9.17, 15) is 0 Å². The van der Waals surface area contributed by atoms with Crippen molar-refractivity contribution in [2.24, 2.45) is 0 Å². The first kappa shape index (κ1) is 15.9. The molecule has 0 saturated heterocycles. The van der Waals surface area contributed by atoms with E-state index in [2.05, 4.69) is 67.5 Å². The smallest absolute Gasteiger partial charge is 0.118 e. The minimum absolute atomic E-state index is 0.872. The largest absolute Gasteiger partial charge is 0.497 e. The number of nitrogens with zero attached hydrogens (tertiary/aromatic N) is 1. The van der Waals surface area contributed by atoms with Gasteiger partial charge in [-0.25, -0.2) is 0 Å². The van der Waals surface area contributed by atoms with Gasteiger partial charge in [-0.2, -0.15) is 0 Å². The van der Waals surface area contributed by atoms with Gasteiger partial charge >= 0.3 is 0 Å². The Morgan fingerprint density at radius 2 is 1.45 bits per heavy atom. The fourth-order valence-corrected chi connectivity index (χ4v) is 2.26. The van der Waals surface area contributed by atoms with Crippen LogP contribution in [0.4, 0.5) is 5.69 Å². The fraction of sp³-hybridized carbons (Fsp3) is 0.200. The van der Waals surface area contributed by atoms with Crippen LogP contribution in [0.2, 0.25) is 0 Å². The summed E-state index contributed by atoms with van der Waals surface area (Å²) in [6, 6.07) is 16.8. The van der Waals surface area contributed by atoms with E-state index in [4.69, 9.17) is 4.74 Å². The minimum Gasteiger partial charge on any atom is -0.497 e. The number of hydrogen-bond donors (Lipinski definition) is 0. The number of ether oxygens (including phenoxy) is 1. The van der Waals surface area contributed by atoms with E-state index in [1.165, 1.54) is 22.4 Å². The van der Waals surface area contributed by atoms with Crippen molar-refractivity contribution in [2.75, 3.05) is 26.1 Å². The Bertz CT molecular complexity index is 649. The Morgan fingerprint density at radius 1 is 0.909 bits per heavy atom. The first-order valence-electron chi connectivity index (χ1n) is 7.41. The van der Waals surface area contributed by atoms with Gasteiger partial charge in [-0.1, -0.05) is 42.5 Å². The average molecular weight is 293 g/mol. The topological polar surface area (TPSA) is 12.5 Å². The molecular formula is C20H23NO. The van der Waals surface area contributed by atoms with Crippen molar-refractivity contribution < 1.29 is 4.74 Å². The van der Waals surface area contributed by atoms with Crippen LogP contribution in [-0.2, 0) is 0 Å². The van der Waals surface area contributed by atoms with Crippen LogP contribution in [0.5, 0.6) is 5.75 Å². The lowest BCUT2D eigenvalue weighted by Gasteiger charge is -2.14. The Hall–Kier alpha value is -2.48. The Kier molecular flexibility index (Phi) is 5.42. The molecule has 0 unspecified atom stereocenters. The molecule has 0 atom stereocenters. The molecule has 0 fully saturated rings. The number of allylic oxidation sites excluding steroid dienone is 3. The molecule has 0 aliphatic heterocycles. The van der Waals surface area contributed by atoms with E-state index < -0.39 is 0 Å². The standard InChI is InChI=1S/C20H23NO/c1-5-6-7-20(17-10-14-19(22-4)15-11-17)16-8-12-18(13-9-16)21(2)3/h5-15H,1-4H3. The lowest BCUT2D eigenvalue weighted by Crippen LogP contribution is -2.08. The van der Waals surface area contributed by atoms with Crippen molar-refractivity contribution in [1.82, 2.24) is 0 Å². The van der Waals surface area contributed by atoms with Gasteiger partial charge in [0.05, 0.1) is 7.11 Å². The maximum absolute atomic E-state index is 5.24. The predicted octanol–water partition coefficient (Wildman–Crippen LogP) is 4.77. The molecule has 2 nitrogen and oxygen atoms in total. The summed E-state index contributed by atoms with van der Waals surface area (Å²) in [5, 5.41) is 0. The van der Waals surface area contributed by atoms with Gasteiger partial charge in [0.15, 0.2) is 0 Å². The van der Waals surface area contributed by atoms with E-state index in [1.54, 1.807) is 7.11 Å². The lowest BCUT2D eigenvalue weighted by molar-refractivity contribution is 0.415. The van der Waals surface area contributed by atoms with Gasteiger partial charge in [-0.15, -0.1) is 0 Å². The Labute approximate surface area is 133 Å². The molecule has 0 radical (unpaired) electrons. The Morgan fingerprint density at radius 3 is 1.91 bits per heavy atom. The summed E-state index contributed by atoms with van der Waals surface area (Å²) in [6.07, 6.45) is 6.25. The number of methoxy groups -OCH3 is 1. The molecule has 0 aliphatic carbocycles. The molecule has 2 rings (SSSR count). The van der Waals surface area contributed by atoms with Crippen LogP contribution >= 0.6 is 0 Å². The molecule has 0 bridgehead atoms. The highest BCUT2D eigenvalue weighted by atomic mass is 16.5. The van der Waals surface area contributed by atoms with Crippen molar-refractivity contribution in [2.45, 2.75) is 6.92 Å². The molecule has 0 heterocycles. The van der Waals surface area contributed by atoms with Gasteiger partial charge < -0.3 is 9.64 Å². The zero-order chi connectivity index (χ0) is 15.9. The third-order valence-corrected chi connectivity index (χ3v) is 3.55. The second-order valence-electron chi connectivity index (χ2n) is 5.28. The normalized spacial score (nSPS) is 11.7. The van der Waals surface area contributed by atoms with Crippen molar-refractivity contribution >= 4 is 11.3 Å². The van der Waals surface area contributed by atoms with Crippen LogP contribution in [0.1, 0.15) is 18.1 Å². The number of benzene rings is 2. The average Bonchev–Trinajstić information content (AvgIpc) is 2.56. The van der Waals surface area contributed by atoms with Gasteiger partial charge in [0.2, 0.25) is 0 Å². The van der Waals surface area contributed by atoms with Crippen LogP contribution in [0.15, 0.2) is 66.8 Å². The SMILES string of the molecule is CC=CC=C(c1ccc(OC)cc1)c1ccc(N(C)C)cc1. The first-order valence-corrected chi connectivity index (χ1v) is 7.41.